The molecule has 48 heavy (non-hydrogen) atoms. The summed E-state index contributed by atoms with van der Waals surface area (Å²) in [5.74, 6) is -7.93. The van der Waals surface area contributed by atoms with Crippen LogP contribution in [0.2, 0.25) is 5.02 Å². The molecular formula is C35H27ClFIN2O8. The lowest BCUT2D eigenvalue weighted by molar-refractivity contribution is -0.131. The molecule has 2 aliphatic carbocycles. The largest absolute Gasteiger partial charge is 0.504 e. The first-order valence-electron chi connectivity index (χ1n) is 15.1. The quantitative estimate of drug-likeness (QED) is 0.184. The molecule has 1 saturated carbocycles. The standard InChI is InChI=1S/C35H27ClFIN2O8/c1-35-22(31(43)40(34(35)47)18-6-9-24(37)23(36)13-18)14-21-19(28(35)16-11-25(38)29(41)26(12-16)48-2)7-8-20-27(21)32(44)39(30(20)42)17-5-3-4-15(10-17)33(45)46/h3-7,9-13,20-22,27-28,41H,8,14H2,1-2H3,(H,45,46). The van der Waals surface area contributed by atoms with Gasteiger partial charge in [0.2, 0.25) is 23.6 Å². The van der Waals surface area contributed by atoms with Crippen molar-refractivity contribution in [2.24, 2.45) is 29.1 Å². The van der Waals surface area contributed by atoms with Crippen LogP contribution in [-0.2, 0) is 19.2 Å². The van der Waals surface area contributed by atoms with E-state index in [1.807, 2.05) is 28.7 Å². The SMILES string of the molecule is COc1cc(C2C3=CCC4C(=O)N(c5cccc(C(=O)O)c5)C(=O)C4C3CC3C(=O)N(c4ccc(F)c(Cl)c4)C(=O)C32C)cc(I)c1O. The number of carboxylic acid groups (broad SMARTS) is 1. The minimum absolute atomic E-state index is 0.0737. The number of hydrogen-bond acceptors (Lipinski definition) is 7. The summed E-state index contributed by atoms with van der Waals surface area (Å²) in [6, 6.07) is 12.5. The molecule has 10 nitrogen and oxygen atoms in total. The summed E-state index contributed by atoms with van der Waals surface area (Å²) in [6.07, 6.45) is 2.13. The molecule has 2 heterocycles. The van der Waals surface area contributed by atoms with Crippen LogP contribution in [0.3, 0.4) is 0 Å². The fourth-order valence-corrected chi connectivity index (χ4v) is 9.01. The summed E-state index contributed by atoms with van der Waals surface area (Å²) in [5, 5.41) is 19.9. The number of hydrogen-bond donors (Lipinski definition) is 2. The summed E-state index contributed by atoms with van der Waals surface area (Å²) in [4.78, 5) is 70.8. The number of phenols is 1. The lowest BCUT2D eigenvalue weighted by atomic mass is 9.51. The Hall–Kier alpha value is -4.30. The van der Waals surface area contributed by atoms with E-state index in [1.165, 1.54) is 43.5 Å². The number of phenolic OH excluding ortho intramolecular Hbond substituents is 1. The third kappa shape index (κ3) is 4.51. The van der Waals surface area contributed by atoms with Gasteiger partial charge in [-0.05, 0) is 102 Å². The Kier molecular flexibility index (Phi) is 7.66. The smallest absolute Gasteiger partial charge is 0.335 e. The van der Waals surface area contributed by atoms with Crippen LogP contribution in [0.4, 0.5) is 15.8 Å². The number of carbonyl (C=O) groups is 5. The molecule has 6 atom stereocenters. The van der Waals surface area contributed by atoms with Crippen LogP contribution in [-0.4, -0.2) is 46.9 Å². The van der Waals surface area contributed by atoms with E-state index in [0.29, 0.717) is 14.7 Å². The summed E-state index contributed by atoms with van der Waals surface area (Å²) >= 11 is 8.02. The number of imide groups is 2. The minimum atomic E-state index is -1.39. The number of halogens is 3. The average Bonchev–Trinajstić information content (AvgIpc) is 3.43. The van der Waals surface area contributed by atoms with Gasteiger partial charge in [-0.3, -0.25) is 24.1 Å². The third-order valence-corrected chi connectivity index (χ3v) is 11.5. The van der Waals surface area contributed by atoms with Crippen molar-refractivity contribution in [1.82, 2.24) is 0 Å². The molecule has 3 aromatic carbocycles. The molecule has 0 aromatic heterocycles. The maximum Gasteiger partial charge on any atom is 0.335 e. The van der Waals surface area contributed by atoms with Crippen LogP contribution in [0, 0.1) is 38.5 Å². The van der Waals surface area contributed by atoms with Gasteiger partial charge in [0.05, 0.1) is 55.8 Å². The molecular weight excluding hydrogens is 758 g/mol. The van der Waals surface area contributed by atoms with Crippen LogP contribution in [0.1, 0.15) is 41.6 Å². The Morgan fingerprint density at radius 2 is 1.73 bits per heavy atom. The molecule has 4 amide bonds. The number of methoxy groups -OCH3 is 1. The Balaban J connectivity index is 1.38. The first-order chi connectivity index (χ1) is 22.8. The number of amides is 4. The van der Waals surface area contributed by atoms with Crippen molar-refractivity contribution in [2.45, 2.75) is 25.7 Å². The molecule has 13 heteroatoms. The van der Waals surface area contributed by atoms with Crippen molar-refractivity contribution >= 4 is 75.2 Å². The Morgan fingerprint density at radius 1 is 1.00 bits per heavy atom. The minimum Gasteiger partial charge on any atom is -0.504 e. The molecule has 2 N–H and O–H groups in total. The second-order valence-electron chi connectivity index (χ2n) is 12.7. The van der Waals surface area contributed by atoms with E-state index in [9.17, 15) is 38.6 Å². The number of benzene rings is 3. The highest BCUT2D eigenvalue weighted by Gasteiger charge is 2.67. The summed E-state index contributed by atoms with van der Waals surface area (Å²) in [7, 11) is 1.40. The average molecular weight is 785 g/mol. The highest BCUT2D eigenvalue weighted by atomic mass is 127. The fraction of sp³-hybridized carbons (Fsp3) is 0.286. The molecule has 0 bridgehead atoms. The normalized spacial score (nSPS) is 27.9. The van der Waals surface area contributed by atoms with Crippen molar-refractivity contribution in [1.29, 1.82) is 0 Å². The van der Waals surface area contributed by atoms with Crippen LogP contribution in [0.5, 0.6) is 11.5 Å². The maximum absolute atomic E-state index is 14.6. The predicted molar refractivity (Wildman–Crippen MR) is 179 cm³/mol. The van der Waals surface area contributed by atoms with Crippen molar-refractivity contribution in [3.8, 4) is 11.5 Å². The Bertz CT molecular complexity index is 2020. The predicted octanol–water partition coefficient (Wildman–Crippen LogP) is 5.93. The number of nitrogens with zero attached hydrogens (tertiary/aromatic N) is 2. The molecule has 3 aromatic rings. The van der Waals surface area contributed by atoms with E-state index >= 15 is 0 Å². The lowest BCUT2D eigenvalue weighted by Gasteiger charge is -2.49. The number of aromatic hydroxyl groups is 1. The monoisotopic (exact) mass is 784 g/mol. The van der Waals surface area contributed by atoms with E-state index in [4.69, 9.17) is 16.3 Å². The Labute approximate surface area is 292 Å². The molecule has 2 aliphatic heterocycles. The van der Waals surface area contributed by atoms with Crippen LogP contribution < -0.4 is 14.5 Å². The molecule has 4 aliphatic rings. The second-order valence-corrected chi connectivity index (χ2v) is 14.3. The van der Waals surface area contributed by atoms with E-state index in [0.717, 1.165) is 15.9 Å². The number of carboxylic acids is 1. The van der Waals surface area contributed by atoms with Gasteiger partial charge in [0.15, 0.2) is 11.5 Å². The highest BCUT2D eigenvalue weighted by molar-refractivity contribution is 14.1. The van der Waals surface area contributed by atoms with Crippen molar-refractivity contribution in [3.05, 3.63) is 91.8 Å². The van der Waals surface area contributed by atoms with Crippen molar-refractivity contribution in [3.63, 3.8) is 0 Å². The van der Waals surface area contributed by atoms with Gasteiger partial charge in [-0.2, -0.15) is 0 Å². The second kappa shape index (κ2) is 11.4. The van der Waals surface area contributed by atoms with Gasteiger partial charge in [-0.1, -0.05) is 29.3 Å². The molecule has 0 radical (unpaired) electrons. The molecule has 7 rings (SSSR count). The number of fused-ring (bicyclic) bond motifs is 4. The topological polar surface area (TPSA) is 142 Å². The summed E-state index contributed by atoms with van der Waals surface area (Å²) in [6.45, 7) is 1.70. The number of aromatic carboxylic acids is 1. The molecule has 3 fully saturated rings. The lowest BCUT2D eigenvalue weighted by Crippen LogP contribution is -2.49. The van der Waals surface area contributed by atoms with Gasteiger partial charge in [0.1, 0.15) is 5.82 Å². The number of anilines is 2. The maximum atomic E-state index is 14.6. The summed E-state index contributed by atoms with van der Waals surface area (Å²) in [5.41, 5.74) is 0.0544. The summed E-state index contributed by atoms with van der Waals surface area (Å²) < 4.78 is 20.0. The zero-order chi connectivity index (χ0) is 34.4. The van der Waals surface area contributed by atoms with Crippen LogP contribution in [0.15, 0.2) is 66.2 Å². The van der Waals surface area contributed by atoms with Crippen molar-refractivity contribution in [2.75, 3.05) is 16.9 Å². The molecule has 0 spiro atoms. The third-order valence-electron chi connectivity index (χ3n) is 10.4. The van der Waals surface area contributed by atoms with E-state index in [-0.39, 0.29) is 46.3 Å². The molecule has 6 unspecified atom stereocenters. The van der Waals surface area contributed by atoms with Gasteiger partial charge >= 0.3 is 5.97 Å². The Morgan fingerprint density at radius 3 is 2.42 bits per heavy atom. The molecule has 2 saturated heterocycles. The fourth-order valence-electron chi connectivity index (χ4n) is 8.21. The van der Waals surface area contributed by atoms with E-state index in [2.05, 4.69) is 0 Å². The van der Waals surface area contributed by atoms with E-state index in [1.54, 1.807) is 19.1 Å². The van der Waals surface area contributed by atoms with Gasteiger partial charge in [-0.25, -0.2) is 14.1 Å². The van der Waals surface area contributed by atoms with Gasteiger partial charge in [0.25, 0.3) is 0 Å². The zero-order valence-corrected chi connectivity index (χ0v) is 28.4. The van der Waals surface area contributed by atoms with Gasteiger partial charge in [0, 0.05) is 5.92 Å². The zero-order valence-electron chi connectivity index (χ0n) is 25.4. The van der Waals surface area contributed by atoms with E-state index < -0.39 is 70.4 Å². The number of rotatable bonds is 5. The van der Waals surface area contributed by atoms with Crippen LogP contribution >= 0.6 is 34.2 Å². The highest BCUT2D eigenvalue weighted by Crippen LogP contribution is 2.64. The van der Waals surface area contributed by atoms with Gasteiger partial charge in [-0.15, -0.1) is 0 Å². The number of carbonyl (C=O) groups excluding carboxylic acids is 4. The number of ether oxygens (including phenoxy) is 1. The van der Waals surface area contributed by atoms with Crippen molar-refractivity contribution < 1.29 is 43.3 Å². The molecule has 246 valence electrons. The first-order valence-corrected chi connectivity index (χ1v) is 16.6. The van der Waals surface area contributed by atoms with Gasteiger partial charge < -0.3 is 14.9 Å². The first kappa shape index (κ1) is 32.3. The number of allylic oxidation sites excluding steroid dienone is 2. The van der Waals surface area contributed by atoms with Crippen LogP contribution in [0.25, 0.3) is 0 Å².